The summed E-state index contributed by atoms with van der Waals surface area (Å²) in [4.78, 5) is 13.2. The van der Waals surface area contributed by atoms with Crippen LogP contribution >= 0.6 is 0 Å². The normalized spacial score (nSPS) is 10.5. The van der Waals surface area contributed by atoms with Gasteiger partial charge >= 0.3 is 0 Å². The van der Waals surface area contributed by atoms with Crippen molar-refractivity contribution >= 4 is 5.91 Å². The van der Waals surface area contributed by atoms with E-state index in [4.69, 9.17) is 0 Å². The molecule has 0 heterocycles. The van der Waals surface area contributed by atoms with Crippen LogP contribution in [0.25, 0.3) is 0 Å². The number of phenols is 1. The Morgan fingerprint density at radius 2 is 2.07 bits per heavy atom. The van der Waals surface area contributed by atoms with E-state index in [2.05, 4.69) is 0 Å². The quantitative estimate of drug-likeness (QED) is 0.812. The fourth-order valence-electron chi connectivity index (χ4n) is 1.10. The lowest BCUT2D eigenvalue weighted by Gasteiger charge is -2.21. The summed E-state index contributed by atoms with van der Waals surface area (Å²) >= 11 is 0. The zero-order valence-electron chi connectivity index (χ0n) is 8.99. The van der Waals surface area contributed by atoms with Crippen LogP contribution in [0.4, 0.5) is 4.39 Å². The summed E-state index contributed by atoms with van der Waals surface area (Å²) in [6, 6.07) is 3.33. The molecule has 0 spiro atoms. The Labute approximate surface area is 88.1 Å². The summed E-state index contributed by atoms with van der Waals surface area (Å²) in [7, 11) is 1.61. The number of benzene rings is 1. The van der Waals surface area contributed by atoms with E-state index in [1.807, 2.05) is 13.8 Å². The van der Waals surface area contributed by atoms with Crippen molar-refractivity contribution < 1.29 is 14.3 Å². The number of rotatable bonds is 2. The number of nitrogens with zero attached hydrogens (tertiary/aromatic N) is 1. The minimum atomic E-state index is -0.534. The summed E-state index contributed by atoms with van der Waals surface area (Å²) in [6.45, 7) is 3.68. The highest BCUT2D eigenvalue weighted by Gasteiger charge is 2.18. The molecule has 3 nitrogen and oxygen atoms in total. The van der Waals surface area contributed by atoms with E-state index in [-0.39, 0.29) is 23.3 Å². The topological polar surface area (TPSA) is 40.5 Å². The molecular formula is C11H14FNO2. The van der Waals surface area contributed by atoms with Crippen molar-refractivity contribution in [3.05, 3.63) is 29.6 Å². The lowest BCUT2D eigenvalue weighted by Crippen LogP contribution is -2.33. The van der Waals surface area contributed by atoms with Crippen molar-refractivity contribution in [2.24, 2.45) is 0 Å². The molecule has 82 valence electrons. The van der Waals surface area contributed by atoms with Gasteiger partial charge < -0.3 is 10.0 Å². The number of halogens is 1. The van der Waals surface area contributed by atoms with Crippen LogP contribution in [0.1, 0.15) is 24.2 Å². The lowest BCUT2D eigenvalue weighted by molar-refractivity contribution is 0.0751. The highest BCUT2D eigenvalue weighted by Crippen LogP contribution is 2.19. The van der Waals surface area contributed by atoms with Crippen molar-refractivity contribution in [2.45, 2.75) is 19.9 Å². The predicted octanol–water partition coefficient (Wildman–Crippen LogP) is 2.01. The SMILES string of the molecule is CC(C)N(C)C(=O)c1cc(F)ccc1O. The Kier molecular flexibility index (Phi) is 3.29. The van der Waals surface area contributed by atoms with E-state index in [1.54, 1.807) is 7.05 Å². The molecule has 0 radical (unpaired) electrons. The van der Waals surface area contributed by atoms with Gasteiger partial charge in [0.1, 0.15) is 11.6 Å². The molecule has 1 aromatic rings. The number of aromatic hydroxyl groups is 1. The van der Waals surface area contributed by atoms with Gasteiger partial charge in [0.25, 0.3) is 5.91 Å². The van der Waals surface area contributed by atoms with Crippen LogP contribution in [-0.2, 0) is 0 Å². The zero-order chi connectivity index (χ0) is 11.6. The van der Waals surface area contributed by atoms with Crippen LogP contribution < -0.4 is 0 Å². The molecule has 1 rings (SSSR count). The monoisotopic (exact) mass is 211 g/mol. The Hall–Kier alpha value is -1.58. The third-order valence-corrected chi connectivity index (χ3v) is 2.28. The molecule has 0 bridgehead atoms. The number of hydrogen-bond acceptors (Lipinski definition) is 2. The maximum atomic E-state index is 12.9. The second-order valence-electron chi connectivity index (χ2n) is 3.67. The first-order chi connectivity index (χ1) is 6.93. The third-order valence-electron chi connectivity index (χ3n) is 2.28. The molecule has 0 aliphatic carbocycles. The van der Waals surface area contributed by atoms with Crippen molar-refractivity contribution in [3.8, 4) is 5.75 Å². The van der Waals surface area contributed by atoms with Gasteiger partial charge in [-0.1, -0.05) is 0 Å². The van der Waals surface area contributed by atoms with Crippen LogP contribution in [0.15, 0.2) is 18.2 Å². The summed E-state index contributed by atoms with van der Waals surface area (Å²) in [6.07, 6.45) is 0. The highest BCUT2D eigenvalue weighted by atomic mass is 19.1. The van der Waals surface area contributed by atoms with E-state index in [0.717, 1.165) is 12.1 Å². The van der Waals surface area contributed by atoms with Crippen molar-refractivity contribution in [1.82, 2.24) is 4.90 Å². The van der Waals surface area contributed by atoms with E-state index >= 15 is 0 Å². The van der Waals surface area contributed by atoms with Gasteiger partial charge in [-0.15, -0.1) is 0 Å². The number of amides is 1. The van der Waals surface area contributed by atoms with Gasteiger partial charge in [0, 0.05) is 13.1 Å². The van der Waals surface area contributed by atoms with Gasteiger partial charge in [0.15, 0.2) is 0 Å². The fraction of sp³-hybridized carbons (Fsp3) is 0.364. The van der Waals surface area contributed by atoms with Gasteiger partial charge in [-0.25, -0.2) is 4.39 Å². The molecule has 0 saturated carbocycles. The Balaban J connectivity index is 3.05. The first-order valence-electron chi connectivity index (χ1n) is 4.69. The van der Waals surface area contributed by atoms with Crippen LogP contribution in [-0.4, -0.2) is 29.0 Å². The maximum absolute atomic E-state index is 12.9. The van der Waals surface area contributed by atoms with Crippen LogP contribution in [0.5, 0.6) is 5.75 Å². The van der Waals surface area contributed by atoms with E-state index in [0.29, 0.717) is 0 Å². The van der Waals surface area contributed by atoms with E-state index < -0.39 is 5.82 Å². The molecule has 0 aliphatic rings. The van der Waals surface area contributed by atoms with Crippen molar-refractivity contribution in [1.29, 1.82) is 0 Å². The lowest BCUT2D eigenvalue weighted by atomic mass is 10.1. The van der Waals surface area contributed by atoms with Crippen molar-refractivity contribution in [3.63, 3.8) is 0 Å². The van der Waals surface area contributed by atoms with Crippen molar-refractivity contribution in [2.75, 3.05) is 7.05 Å². The molecule has 0 aliphatic heterocycles. The highest BCUT2D eigenvalue weighted by molar-refractivity contribution is 5.96. The summed E-state index contributed by atoms with van der Waals surface area (Å²) in [5.74, 6) is -1.12. The Morgan fingerprint density at radius 3 is 2.60 bits per heavy atom. The van der Waals surface area contributed by atoms with E-state index in [1.165, 1.54) is 11.0 Å². The molecule has 0 aromatic heterocycles. The van der Waals surface area contributed by atoms with Gasteiger partial charge in [0.2, 0.25) is 0 Å². The Morgan fingerprint density at radius 1 is 1.47 bits per heavy atom. The average Bonchev–Trinajstić information content (AvgIpc) is 2.19. The summed E-state index contributed by atoms with van der Waals surface area (Å²) < 4.78 is 12.9. The van der Waals surface area contributed by atoms with Gasteiger partial charge in [-0.3, -0.25) is 4.79 Å². The fourth-order valence-corrected chi connectivity index (χ4v) is 1.10. The van der Waals surface area contributed by atoms with Gasteiger partial charge in [-0.05, 0) is 32.0 Å². The minimum absolute atomic E-state index is 0.000155. The first kappa shape index (κ1) is 11.5. The third kappa shape index (κ3) is 2.46. The second kappa shape index (κ2) is 4.29. The van der Waals surface area contributed by atoms with Crippen LogP contribution in [0.2, 0.25) is 0 Å². The maximum Gasteiger partial charge on any atom is 0.257 e. The second-order valence-corrected chi connectivity index (χ2v) is 3.67. The summed E-state index contributed by atoms with van der Waals surface area (Å²) in [5.41, 5.74) is -0.00815. The molecule has 4 heteroatoms. The molecular weight excluding hydrogens is 197 g/mol. The number of hydrogen-bond donors (Lipinski definition) is 1. The Bertz CT molecular complexity index is 377. The molecule has 0 unspecified atom stereocenters. The molecule has 0 saturated heterocycles. The van der Waals surface area contributed by atoms with Crippen LogP contribution in [0.3, 0.4) is 0 Å². The standard InChI is InChI=1S/C11H14FNO2/c1-7(2)13(3)11(15)9-6-8(12)4-5-10(9)14/h4-7,14H,1-3H3. The largest absolute Gasteiger partial charge is 0.507 e. The number of carbonyl (C=O) groups is 1. The van der Waals surface area contributed by atoms with Crippen LogP contribution in [0, 0.1) is 5.82 Å². The molecule has 1 amide bonds. The molecule has 0 fully saturated rings. The van der Waals surface area contributed by atoms with E-state index in [9.17, 15) is 14.3 Å². The first-order valence-corrected chi connectivity index (χ1v) is 4.69. The summed E-state index contributed by atoms with van der Waals surface area (Å²) in [5, 5.41) is 9.42. The smallest absolute Gasteiger partial charge is 0.257 e. The molecule has 1 N–H and O–H groups in total. The number of phenolic OH excluding ortho intramolecular Hbond substituents is 1. The minimum Gasteiger partial charge on any atom is -0.507 e. The molecule has 1 aromatic carbocycles. The van der Waals surface area contributed by atoms with Gasteiger partial charge in [-0.2, -0.15) is 0 Å². The van der Waals surface area contributed by atoms with Gasteiger partial charge in [0.05, 0.1) is 5.56 Å². The number of carbonyl (C=O) groups excluding carboxylic acids is 1. The predicted molar refractivity (Wildman–Crippen MR) is 55.3 cm³/mol. The molecule has 0 atom stereocenters. The zero-order valence-corrected chi connectivity index (χ0v) is 8.99. The molecule has 15 heavy (non-hydrogen) atoms. The average molecular weight is 211 g/mol.